The summed E-state index contributed by atoms with van der Waals surface area (Å²) in [6.07, 6.45) is 6.17. The highest BCUT2D eigenvalue weighted by molar-refractivity contribution is 5.78. The molecule has 0 radical (unpaired) electrons. The number of rotatable bonds is 8. The van der Waals surface area contributed by atoms with Crippen LogP contribution in [0.5, 0.6) is 0 Å². The van der Waals surface area contributed by atoms with Crippen LogP contribution in [0.25, 0.3) is 6.08 Å². The molecule has 0 N–H and O–H groups in total. The molecule has 0 heterocycles. The zero-order chi connectivity index (χ0) is 19.6. The van der Waals surface area contributed by atoms with Crippen LogP contribution in [0.4, 0.5) is 0 Å². The van der Waals surface area contributed by atoms with Gasteiger partial charge < -0.3 is 4.90 Å². The number of hydrogen-bond acceptors (Lipinski definition) is 1. The number of nitrogens with zero attached hydrogens (tertiary/aromatic N) is 1. The Morgan fingerprint density at radius 1 is 0.857 bits per heavy atom. The Morgan fingerprint density at radius 2 is 1.43 bits per heavy atom. The predicted molar refractivity (Wildman–Crippen MR) is 116 cm³/mol. The first kappa shape index (κ1) is 19.4. The Balaban J connectivity index is 1.98. The average molecular weight is 367 g/mol. The van der Waals surface area contributed by atoms with E-state index in [-0.39, 0.29) is 11.9 Å². The number of benzene rings is 3. The summed E-state index contributed by atoms with van der Waals surface area (Å²) in [7, 11) is 0. The van der Waals surface area contributed by atoms with Crippen molar-refractivity contribution in [2.75, 3.05) is 0 Å². The summed E-state index contributed by atoms with van der Waals surface area (Å²) in [6.45, 7) is 4.30. The molecule has 2 nitrogen and oxygen atoms in total. The van der Waals surface area contributed by atoms with Crippen molar-refractivity contribution < 1.29 is 4.79 Å². The third kappa shape index (κ3) is 5.31. The van der Waals surface area contributed by atoms with Crippen LogP contribution in [-0.2, 0) is 11.3 Å². The molecule has 0 aliphatic carbocycles. The largest absolute Gasteiger partial charge is 0.328 e. The molecule has 0 fully saturated rings. The Hall–Kier alpha value is -3.39. The third-order valence-corrected chi connectivity index (χ3v) is 4.58. The van der Waals surface area contributed by atoms with E-state index in [1.807, 2.05) is 59.5 Å². The first-order valence-corrected chi connectivity index (χ1v) is 9.50. The van der Waals surface area contributed by atoms with Gasteiger partial charge in [0, 0.05) is 13.0 Å². The van der Waals surface area contributed by atoms with Gasteiger partial charge in [-0.1, -0.05) is 109 Å². The molecule has 0 aliphatic heterocycles. The molecule has 28 heavy (non-hydrogen) atoms. The molecule has 0 aliphatic rings. The standard InChI is InChI=1S/C26H25NO/c1-2-12-26(28)27(21-23-15-8-4-9-16-23)25(24-17-10-5-11-18-24)20-19-22-13-6-3-7-14-22/h2-11,13-20,25H,1,12,21H2/b20-19+/t25-/m0/s1. The number of amides is 1. The summed E-state index contributed by atoms with van der Waals surface area (Å²) in [4.78, 5) is 14.9. The van der Waals surface area contributed by atoms with E-state index in [0.717, 1.165) is 16.7 Å². The second-order valence-corrected chi connectivity index (χ2v) is 6.63. The average Bonchev–Trinajstić information content (AvgIpc) is 2.75. The van der Waals surface area contributed by atoms with Crippen molar-refractivity contribution in [3.63, 3.8) is 0 Å². The van der Waals surface area contributed by atoms with E-state index in [9.17, 15) is 4.79 Å². The summed E-state index contributed by atoms with van der Waals surface area (Å²) in [6, 6.07) is 30.3. The highest BCUT2D eigenvalue weighted by Crippen LogP contribution is 2.26. The fourth-order valence-corrected chi connectivity index (χ4v) is 3.17. The maximum Gasteiger partial charge on any atom is 0.227 e. The molecule has 0 saturated carbocycles. The molecule has 140 valence electrons. The van der Waals surface area contributed by atoms with Crippen LogP contribution in [0, 0.1) is 0 Å². The fourth-order valence-electron chi connectivity index (χ4n) is 3.17. The maximum atomic E-state index is 13.0. The Bertz CT molecular complexity index is 901. The SMILES string of the molecule is C=CCC(=O)N(Cc1ccccc1)[C@@H](/C=C/c1ccccc1)c1ccccc1. The summed E-state index contributed by atoms with van der Waals surface area (Å²) in [5, 5.41) is 0. The zero-order valence-corrected chi connectivity index (χ0v) is 15.9. The van der Waals surface area contributed by atoms with Crippen LogP contribution >= 0.6 is 0 Å². The van der Waals surface area contributed by atoms with E-state index in [1.165, 1.54) is 0 Å². The Kier molecular flexibility index (Phi) is 6.97. The quantitative estimate of drug-likeness (QED) is 0.444. The van der Waals surface area contributed by atoms with Gasteiger partial charge in [0.15, 0.2) is 0 Å². The van der Waals surface area contributed by atoms with E-state index < -0.39 is 0 Å². The molecule has 0 unspecified atom stereocenters. The molecular weight excluding hydrogens is 342 g/mol. The number of carbonyl (C=O) groups excluding carboxylic acids is 1. The van der Waals surface area contributed by atoms with Crippen molar-refractivity contribution >= 4 is 12.0 Å². The number of hydrogen-bond donors (Lipinski definition) is 0. The van der Waals surface area contributed by atoms with E-state index in [0.29, 0.717) is 13.0 Å². The lowest BCUT2D eigenvalue weighted by atomic mass is 10.0. The first-order valence-electron chi connectivity index (χ1n) is 9.50. The minimum Gasteiger partial charge on any atom is -0.328 e. The van der Waals surface area contributed by atoms with Crippen molar-refractivity contribution in [2.45, 2.75) is 19.0 Å². The van der Waals surface area contributed by atoms with Crippen molar-refractivity contribution in [1.29, 1.82) is 0 Å². The van der Waals surface area contributed by atoms with Crippen LogP contribution in [-0.4, -0.2) is 10.8 Å². The summed E-state index contributed by atoms with van der Waals surface area (Å²) in [5.74, 6) is 0.0606. The van der Waals surface area contributed by atoms with Crippen LogP contribution in [0.3, 0.4) is 0 Å². The summed E-state index contributed by atoms with van der Waals surface area (Å²) < 4.78 is 0. The van der Waals surface area contributed by atoms with Crippen molar-refractivity contribution in [2.24, 2.45) is 0 Å². The molecule has 0 bridgehead atoms. The zero-order valence-electron chi connectivity index (χ0n) is 15.9. The van der Waals surface area contributed by atoms with Gasteiger partial charge in [-0.25, -0.2) is 0 Å². The fraction of sp³-hybridized carbons (Fsp3) is 0.115. The molecule has 2 heteroatoms. The van der Waals surface area contributed by atoms with Crippen LogP contribution in [0.1, 0.15) is 29.2 Å². The van der Waals surface area contributed by atoms with E-state index in [4.69, 9.17) is 0 Å². The first-order chi connectivity index (χ1) is 13.8. The monoisotopic (exact) mass is 367 g/mol. The van der Waals surface area contributed by atoms with Gasteiger partial charge >= 0.3 is 0 Å². The molecule has 3 aromatic carbocycles. The van der Waals surface area contributed by atoms with Crippen LogP contribution in [0.2, 0.25) is 0 Å². The van der Waals surface area contributed by atoms with Gasteiger partial charge in [-0.2, -0.15) is 0 Å². The molecule has 0 spiro atoms. The van der Waals surface area contributed by atoms with Gasteiger partial charge in [-0.15, -0.1) is 6.58 Å². The summed E-state index contributed by atoms with van der Waals surface area (Å²) >= 11 is 0. The van der Waals surface area contributed by atoms with E-state index in [2.05, 4.69) is 55.1 Å². The molecule has 3 aromatic rings. The molecule has 1 atom stereocenters. The minimum atomic E-state index is -0.158. The molecular formula is C26H25NO. The lowest BCUT2D eigenvalue weighted by Crippen LogP contribution is -2.33. The van der Waals surface area contributed by atoms with E-state index in [1.54, 1.807) is 6.08 Å². The molecule has 0 aromatic heterocycles. The van der Waals surface area contributed by atoms with Crippen molar-refractivity contribution in [1.82, 2.24) is 4.90 Å². The highest BCUT2D eigenvalue weighted by Gasteiger charge is 2.22. The maximum absolute atomic E-state index is 13.0. The van der Waals surface area contributed by atoms with Gasteiger partial charge in [0.05, 0.1) is 6.04 Å². The lowest BCUT2D eigenvalue weighted by molar-refractivity contribution is -0.132. The number of carbonyl (C=O) groups is 1. The smallest absolute Gasteiger partial charge is 0.227 e. The second kappa shape index (κ2) is 10.1. The lowest BCUT2D eigenvalue weighted by Gasteiger charge is -2.30. The van der Waals surface area contributed by atoms with Crippen molar-refractivity contribution in [3.8, 4) is 0 Å². The second-order valence-electron chi connectivity index (χ2n) is 6.63. The van der Waals surface area contributed by atoms with Gasteiger partial charge in [0.1, 0.15) is 0 Å². The molecule has 0 saturated heterocycles. The highest BCUT2D eigenvalue weighted by atomic mass is 16.2. The Labute approximate surface area is 167 Å². The van der Waals surface area contributed by atoms with Crippen LogP contribution in [0.15, 0.2) is 110 Å². The van der Waals surface area contributed by atoms with Gasteiger partial charge in [0.2, 0.25) is 5.91 Å². The van der Waals surface area contributed by atoms with Crippen LogP contribution < -0.4 is 0 Å². The van der Waals surface area contributed by atoms with Gasteiger partial charge in [0.25, 0.3) is 0 Å². The third-order valence-electron chi connectivity index (χ3n) is 4.58. The molecule has 3 rings (SSSR count). The minimum absolute atomic E-state index is 0.0606. The Morgan fingerprint density at radius 3 is 2.04 bits per heavy atom. The topological polar surface area (TPSA) is 20.3 Å². The predicted octanol–water partition coefficient (Wildman–Crippen LogP) is 6.05. The van der Waals surface area contributed by atoms with Crippen molar-refractivity contribution in [3.05, 3.63) is 126 Å². The van der Waals surface area contributed by atoms with Gasteiger partial charge in [-0.05, 0) is 16.7 Å². The summed E-state index contributed by atoms with van der Waals surface area (Å²) in [5.41, 5.74) is 3.30. The van der Waals surface area contributed by atoms with E-state index >= 15 is 0 Å². The normalized spacial score (nSPS) is 11.9. The van der Waals surface area contributed by atoms with Gasteiger partial charge in [-0.3, -0.25) is 4.79 Å². The molecule has 1 amide bonds.